The Morgan fingerprint density at radius 1 is 1.06 bits per heavy atom. The standard InChI is InChI=1S/C25H32F2N2O2/c1-16-20(25(31)28-22-9-5-6-10-24(22)30)14-23(19-12-11-18(26)13-21(19)27)29(16)15-17-7-3-2-4-8-17/h11-14,17,22,24,30H,2-10,15H2,1H3,(H,28,31)/t22-,24-/m0/s1. The summed E-state index contributed by atoms with van der Waals surface area (Å²) >= 11 is 0. The third-order valence-corrected chi connectivity index (χ3v) is 7.03. The van der Waals surface area contributed by atoms with Gasteiger partial charge in [0.25, 0.3) is 5.91 Å². The van der Waals surface area contributed by atoms with Gasteiger partial charge in [-0.2, -0.15) is 0 Å². The van der Waals surface area contributed by atoms with Crippen molar-refractivity contribution >= 4 is 5.91 Å². The van der Waals surface area contributed by atoms with Crippen LogP contribution in [0.15, 0.2) is 24.3 Å². The molecule has 4 rings (SSSR count). The van der Waals surface area contributed by atoms with Crippen LogP contribution in [-0.2, 0) is 6.54 Å². The Bertz CT molecular complexity index is 934. The Morgan fingerprint density at radius 3 is 2.48 bits per heavy atom. The summed E-state index contributed by atoms with van der Waals surface area (Å²) in [7, 11) is 0. The van der Waals surface area contributed by atoms with Gasteiger partial charge >= 0.3 is 0 Å². The van der Waals surface area contributed by atoms with Crippen molar-refractivity contribution in [2.75, 3.05) is 0 Å². The maximum atomic E-state index is 14.7. The molecule has 0 saturated heterocycles. The Hall–Kier alpha value is -2.21. The normalized spacial score (nSPS) is 22.5. The highest BCUT2D eigenvalue weighted by atomic mass is 19.1. The smallest absolute Gasteiger partial charge is 0.253 e. The van der Waals surface area contributed by atoms with E-state index in [9.17, 15) is 18.7 Å². The number of aliphatic hydroxyl groups is 1. The summed E-state index contributed by atoms with van der Waals surface area (Å²) in [5, 5.41) is 13.2. The lowest BCUT2D eigenvalue weighted by Crippen LogP contribution is -2.45. The van der Waals surface area contributed by atoms with Crippen LogP contribution in [-0.4, -0.2) is 27.7 Å². The van der Waals surface area contributed by atoms with E-state index in [0.29, 0.717) is 29.2 Å². The zero-order chi connectivity index (χ0) is 22.0. The average Bonchev–Trinajstić information content (AvgIpc) is 3.07. The number of hydrogen-bond donors (Lipinski definition) is 2. The molecule has 2 atom stereocenters. The molecule has 1 heterocycles. The van der Waals surface area contributed by atoms with E-state index in [-0.39, 0.29) is 11.9 Å². The number of aliphatic hydroxyl groups excluding tert-OH is 1. The maximum Gasteiger partial charge on any atom is 0.253 e. The number of carbonyl (C=O) groups is 1. The summed E-state index contributed by atoms with van der Waals surface area (Å²) in [4.78, 5) is 13.1. The minimum atomic E-state index is -0.628. The molecular weight excluding hydrogens is 398 g/mol. The minimum absolute atomic E-state index is 0.241. The second-order valence-corrected chi connectivity index (χ2v) is 9.20. The third-order valence-electron chi connectivity index (χ3n) is 7.03. The van der Waals surface area contributed by atoms with Crippen LogP contribution in [0.1, 0.15) is 73.8 Å². The van der Waals surface area contributed by atoms with Gasteiger partial charge in [0, 0.05) is 23.9 Å². The molecule has 31 heavy (non-hydrogen) atoms. The van der Waals surface area contributed by atoms with E-state index in [4.69, 9.17) is 0 Å². The fraction of sp³-hybridized carbons (Fsp3) is 0.560. The van der Waals surface area contributed by atoms with Crippen molar-refractivity contribution in [1.29, 1.82) is 0 Å². The van der Waals surface area contributed by atoms with Crippen molar-refractivity contribution in [3.8, 4) is 11.3 Å². The van der Waals surface area contributed by atoms with Crippen LogP contribution in [0.2, 0.25) is 0 Å². The Morgan fingerprint density at radius 2 is 1.77 bits per heavy atom. The number of nitrogens with one attached hydrogen (secondary N) is 1. The lowest BCUT2D eigenvalue weighted by atomic mass is 9.89. The fourth-order valence-electron chi connectivity index (χ4n) is 5.18. The van der Waals surface area contributed by atoms with Crippen LogP contribution in [0, 0.1) is 24.5 Å². The Kier molecular flexibility index (Phi) is 6.75. The lowest BCUT2D eigenvalue weighted by molar-refractivity contribution is 0.0716. The number of hydrogen-bond acceptors (Lipinski definition) is 2. The molecule has 2 fully saturated rings. The van der Waals surface area contributed by atoms with Crippen LogP contribution in [0.3, 0.4) is 0 Å². The highest BCUT2D eigenvalue weighted by Crippen LogP contribution is 2.33. The van der Waals surface area contributed by atoms with Crippen molar-refractivity contribution in [1.82, 2.24) is 9.88 Å². The van der Waals surface area contributed by atoms with Gasteiger partial charge in [-0.1, -0.05) is 32.1 Å². The molecule has 1 amide bonds. The predicted octanol–water partition coefficient (Wildman–Crippen LogP) is 5.36. The number of benzene rings is 1. The number of rotatable bonds is 5. The first-order chi connectivity index (χ1) is 14.9. The summed E-state index contributed by atoms with van der Waals surface area (Å²) in [5.41, 5.74) is 2.19. The van der Waals surface area contributed by atoms with Gasteiger partial charge in [0.1, 0.15) is 11.6 Å². The molecule has 1 aromatic heterocycles. The highest BCUT2D eigenvalue weighted by molar-refractivity contribution is 5.97. The van der Waals surface area contributed by atoms with Gasteiger partial charge in [-0.15, -0.1) is 0 Å². The first-order valence-corrected chi connectivity index (χ1v) is 11.6. The van der Waals surface area contributed by atoms with Gasteiger partial charge in [0.2, 0.25) is 0 Å². The highest BCUT2D eigenvalue weighted by Gasteiger charge is 2.28. The molecule has 2 aliphatic carbocycles. The number of carbonyl (C=O) groups excluding carboxylic acids is 1. The number of amides is 1. The molecule has 4 nitrogen and oxygen atoms in total. The molecule has 6 heteroatoms. The van der Waals surface area contributed by atoms with Crippen molar-refractivity contribution in [3.63, 3.8) is 0 Å². The van der Waals surface area contributed by atoms with Crippen molar-refractivity contribution in [3.05, 3.63) is 47.2 Å². The SMILES string of the molecule is Cc1c(C(=O)N[C@H]2CCCC[C@@H]2O)cc(-c2ccc(F)cc2F)n1CC1CCCCC1. The molecule has 2 aromatic rings. The van der Waals surface area contributed by atoms with Gasteiger partial charge in [-0.3, -0.25) is 4.79 Å². The molecule has 2 saturated carbocycles. The molecule has 0 radical (unpaired) electrons. The number of nitrogens with zero attached hydrogens (tertiary/aromatic N) is 1. The molecule has 168 valence electrons. The Labute approximate surface area is 182 Å². The summed E-state index contributed by atoms with van der Waals surface area (Å²) in [6.45, 7) is 2.61. The van der Waals surface area contributed by atoms with E-state index >= 15 is 0 Å². The zero-order valence-corrected chi connectivity index (χ0v) is 18.2. The minimum Gasteiger partial charge on any atom is -0.391 e. The molecule has 2 N–H and O–H groups in total. The molecule has 0 bridgehead atoms. The summed E-state index contributed by atoms with van der Waals surface area (Å²) in [5.74, 6) is -1.00. The van der Waals surface area contributed by atoms with Crippen LogP contribution in [0.25, 0.3) is 11.3 Å². The average molecular weight is 431 g/mol. The molecular formula is C25H32F2N2O2. The topological polar surface area (TPSA) is 54.3 Å². The van der Waals surface area contributed by atoms with Crippen LogP contribution in [0.5, 0.6) is 0 Å². The van der Waals surface area contributed by atoms with E-state index in [1.165, 1.54) is 31.4 Å². The quantitative estimate of drug-likeness (QED) is 0.671. The maximum absolute atomic E-state index is 14.7. The largest absolute Gasteiger partial charge is 0.391 e. The first-order valence-electron chi connectivity index (χ1n) is 11.6. The molecule has 1 aromatic carbocycles. The number of halogens is 2. The molecule has 0 spiro atoms. The van der Waals surface area contributed by atoms with Gasteiger partial charge in [0.15, 0.2) is 0 Å². The van der Waals surface area contributed by atoms with Gasteiger partial charge in [0.05, 0.1) is 23.4 Å². The predicted molar refractivity (Wildman–Crippen MR) is 117 cm³/mol. The van der Waals surface area contributed by atoms with Crippen LogP contribution >= 0.6 is 0 Å². The van der Waals surface area contributed by atoms with Crippen LogP contribution in [0.4, 0.5) is 8.78 Å². The van der Waals surface area contributed by atoms with E-state index in [2.05, 4.69) is 5.32 Å². The summed E-state index contributed by atoms with van der Waals surface area (Å²) < 4.78 is 30.2. The summed E-state index contributed by atoms with van der Waals surface area (Å²) in [6.07, 6.45) is 8.75. The van der Waals surface area contributed by atoms with E-state index in [1.807, 2.05) is 11.5 Å². The van der Waals surface area contributed by atoms with E-state index in [1.54, 1.807) is 6.07 Å². The van der Waals surface area contributed by atoms with E-state index in [0.717, 1.165) is 50.4 Å². The van der Waals surface area contributed by atoms with E-state index < -0.39 is 17.7 Å². The summed E-state index contributed by atoms with van der Waals surface area (Å²) in [6, 6.07) is 5.06. The van der Waals surface area contributed by atoms with Gasteiger partial charge < -0.3 is 15.0 Å². The monoisotopic (exact) mass is 430 g/mol. The molecule has 0 unspecified atom stereocenters. The van der Waals surface area contributed by atoms with Crippen molar-refractivity contribution < 1.29 is 18.7 Å². The van der Waals surface area contributed by atoms with Crippen LogP contribution < -0.4 is 5.32 Å². The Balaban J connectivity index is 1.67. The lowest BCUT2D eigenvalue weighted by Gasteiger charge is -2.28. The molecule has 0 aliphatic heterocycles. The third kappa shape index (κ3) is 4.84. The fourth-order valence-corrected chi connectivity index (χ4v) is 5.18. The zero-order valence-electron chi connectivity index (χ0n) is 18.2. The molecule has 2 aliphatic rings. The van der Waals surface area contributed by atoms with Crippen molar-refractivity contribution in [2.24, 2.45) is 5.92 Å². The number of aromatic nitrogens is 1. The second kappa shape index (κ2) is 9.51. The van der Waals surface area contributed by atoms with Gasteiger partial charge in [-0.25, -0.2) is 8.78 Å². The van der Waals surface area contributed by atoms with Gasteiger partial charge in [-0.05, 0) is 56.7 Å². The first kappa shape index (κ1) is 22.0. The van der Waals surface area contributed by atoms with Crippen molar-refractivity contribution in [2.45, 2.75) is 83.4 Å². The second-order valence-electron chi connectivity index (χ2n) is 9.20.